The summed E-state index contributed by atoms with van der Waals surface area (Å²) in [5.74, 6) is 0.423. The summed E-state index contributed by atoms with van der Waals surface area (Å²) in [6, 6.07) is 24.5. The number of hydrogen-bond donors (Lipinski definition) is 0. The smallest absolute Gasteiger partial charge is 0.304 e. The fourth-order valence-electron chi connectivity index (χ4n) is 3.67. The van der Waals surface area contributed by atoms with Gasteiger partial charge in [0.1, 0.15) is 0 Å². The monoisotopic (exact) mass is 416 g/mol. The number of para-hydroxylation sites is 2. The molecule has 30 heavy (non-hydrogen) atoms. The van der Waals surface area contributed by atoms with Gasteiger partial charge >= 0.3 is 11.1 Å². The first-order valence-corrected chi connectivity index (χ1v) is 9.89. The van der Waals surface area contributed by atoms with Gasteiger partial charge in [-0.25, -0.2) is 9.08 Å². The number of halogens is 1. The molecule has 3 aromatic carbocycles. The van der Waals surface area contributed by atoms with Crippen molar-refractivity contribution in [1.29, 1.82) is 0 Å². The topological polar surface area (TPSA) is 61.3 Å². The Labute approximate surface area is 176 Å². The quantitative estimate of drug-likeness (QED) is 0.421. The standard InChI is InChI=1S/C23H17ClN4O2/c24-18-12-10-17(11-13-18)14-26-19-8-4-5-9-20(19)28-22(30)21(29)27(25-23(26)28)15-16-6-2-1-3-7-16/h1-13H,14-15H2. The Morgan fingerprint density at radius 3 is 2.07 bits per heavy atom. The fraction of sp³-hybridized carbons (Fsp3) is 0.0870. The average molecular weight is 417 g/mol. The molecule has 0 aliphatic carbocycles. The van der Waals surface area contributed by atoms with Crippen LogP contribution in [-0.4, -0.2) is 18.7 Å². The van der Waals surface area contributed by atoms with Gasteiger partial charge in [-0.1, -0.05) is 66.2 Å². The van der Waals surface area contributed by atoms with Crippen LogP contribution in [0.25, 0.3) is 16.8 Å². The minimum absolute atomic E-state index is 0.230. The van der Waals surface area contributed by atoms with Crippen molar-refractivity contribution in [1.82, 2.24) is 18.7 Å². The molecule has 2 heterocycles. The van der Waals surface area contributed by atoms with Crippen LogP contribution < -0.4 is 11.1 Å². The number of nitrogens with zero attached hydrogens (tertiary/aromatic N) is 4. The van der Waals surface area contributed by atoms with Crippen LogP contribution in [0.15, 0.2) is 88.5 Å². The minimum atomic E-state index is -0.647. The average Bonchev–Trinajstić information content (AvgIpc) is 3.07. The molecule has 0 radical (unpaired) electrons. The molecule has 0 aliphatic heterocycles. The van der Waals surface area contributed by atoms with E-state index in [9.17, 15) is 9.59 Å². The van der Waals surface area contributed by atoms with Crippen molar-refractivity contribution in [3.05, 3.63) is 116 Å². The third-order valence-electron chi connectivity index (χ3n) is 5.11. The van der Waals surface area contributed by atoms with Gasteiger partial charge < -0.3 is 4.57 Å². The van der Waals surface area contributed by atoms with Crippen molar-refractivity contribution < 1.29 is 0 Å². The van der Waals surface area contributed by atoms with Gasteiger partial charge in [0.25, 0.3) is 0 Å². The number of aromatic nitrogens is 4. The lowest BCUT2D eigenvalue weighted by molar-refractivity contribution is 0.614. The lowest BCUT2D eigenvalue weighted by atomic mass is 10.2. The number of imidazole rings is 1. The van der Waals surface area contributed by atoms with Crippen LogP contribution in [0.2, 0.25) is 5.02 Å². The first-order chi connectivity index (χ1) is 14.6. The number of hydrogen-bond acceptors (Lipinski definition) is 3. The van der Waals surface area contributed by atoms with E-state index < -0.39 is 11.1 Å². The third-order valence-corrected chi connectivity index (χ3v) is 5.37. The first kappa shape index (κ1) is 18.4. The van der Waals surface area contributed by atoms with Crippen LogP contribution >= 0.6 is 11.6 Å². The van der Waals surface area contributed by atoms with E-state index in [0.29, 0.717) is 22.9 Å². The zero-order chi connectivity index (χ0) is 20.7. The molecule has 0 atom stereocenters. The van der Waals surface area contributed by atoms with E-state index in [4.69, 9.17) is 11.6 Å². The second-order valence-corrected chi connectivity index (χ2v) is 7.53. The number of rotatable bonds is 4. The van der Waals surface area contributed by atoms with Crippen LogP contribution in [0.4, 0.5) is 0 Å². The van der Waals surface area contributed by atoms with E-state index >= 15 is 0 Å². The zero-order valence-electron chi connectivity index (χ0n) is 15.9. The summed E-state index contributed by atoms with van der Waals surface area (Å²) in [6.07, 6.45) is 0. The van der Waals surface area contributed by atoms with Gasteiger partial charge in [-0.3, -0.25) is 9.59 Å². The van der Waals surface area contributed by atoms with Gasteiger partial charge in [0, 0.05) is 5.02 Å². The van der Waals surface area contributed by atoms with Gasteiger partial charge in [-0.05, 0) is 35.4 Å². The molecule has 5 aromatic rings. The van der Waals surface area contributed by atoms with Crippen molar-refractivity contribution in [2.75, 3.05) is 0 Å². The highest BCUT2D eigenvalue weighted by Crippen LogP contribution is 2.20. The molecule has 148 valence electrons. The number of fused-ring (bicyclic) bond motifs is 3. The van der Waals surface area contributed by atoms with Gasteiger partial charge in [0.15, 0.2) is 0 Å². The fourth-order valence-corrected chi connectivity index (χ4v) is 3.79. The van der Waals surface area contributed by atoms with Crippen LogP contribution in [0.5, 0.6) is 0 Å². The molecule has 0 saturated carbocycles. The van der Waals surface area contributed by atoms with Crippen molar-refractivity contribution in [2.45, 2.75) is 13.1 Å². The normalized spacial score (nSPS) is 11.4. The Hall–Kier alpha value is -3.64. The molecule has 5 rings (SSSR count). The van der Waals surface area contributed by atoms with E-state index in [1.165, 1.54) is 9.08 Å². The largest absolute Gasteiger partial charge is 0.333 e. The molecule has 0 N–H and O–H groups in total. The summed E-state index contributed by atoms with van der Waals surface area (Å²) in [6.45, 7) is 0.720. The van der Waals surface area contributed by atoms with Crippen LogP contribution in [0.1, 0.15) is 11.1 Å². The molecule has 0 bridgehead atoms. The van der Waals surface area contributed by atoms with Crippen molar-refractivity contribution >= 4 is 28.4 Å². The molecule has 0 spiro atoms. The second kappa shape index (κ2) is 7.31. The molecule has 0 aliphatic rings. The van der Waals surface area contributed by atoms with E-state index in [-0.39, 0.29) is 6.54 Å². The molecule has 7 heteroatoms. The van der Waals surface area contributed by atoms with Gasteiger partial charge in [0.2, 0.25) is 5.78 Å². The molecule has 0 amide bonds. The van der Waals surface area contributed by atoms with E-state index in [1.807, 2.05) is 83.4 Å². The highest BCUT2D eigenvalue weighted by molar-refractivity contribution is 6.30. The van der Waals surface area contributed by atoms with E-state index in [1.54, 1.807) is 0 Å². The predicted molar refractivity (Wildman–Crippen MR) is 117 cm³/mol. The van der Waals surface area contributed by atoms with Crippen molar-refractivity contribution in [3.63, 3.8) is 0 Å². The summed E-state index contributed by atoms with van der Waals surface area (Å²) in [7, 11) is 0. The summed E-state index contributed by atoms with van der Waals surface area (Å²) < 4.78 is 4.58. The minimum Gasteiger partial charge on any atom is -0.304 e. The van der Waals surface area contributed by atoms with Crippen LogP contribution in [-0.2, 0) is 13.1 Å². The Morgan fingerprint density at radius 2 is 1.33 bits per heavy atom. The van der Waals surface area contributed by atoms with Crippen LogP contribution in [0.3, 0.4) is 0 Å². The lowest BCUT2D eigenvalue weighted by Gasteiger charge is -2.08. The Bertz CT molecular complexity index is 1480. The maximum Gasteiger partial charge on any atom is 0.333 e. The molecular weight excluding hydrogens is 400 g/mol. The molecule has 0 saturated heterocycles. The Morgan fingerprint density at radius 1 is 0.700 bits per heavy atom. The molecule has 6 nitrogen and oxygen atoms in total. The summed E-state index contributed by atoms with van der Waals surface area (Å²) in [5.41, 5.74) is 2.14. The van der Waals surface area contributed by atoms with Crippen LogP contribution in [0, 0.1) is 0 Å². The lowest BCUT2D eigenvalue weighted by Crippen LogP contribution is -2.40. The van der Waals surface area contributed by atoms with Crippen molar-refractivity contribution in [3.8, 4) is 0 Å². The number of benzene rings is 3. The third kappa shape index (κ3) is 3.11. The van der Waals surface area contributed by atoms with E-state index in [2.05, 4.69) is 5.10 Å². The highest BCUT2D eigenvalue weighted by atomic mass is 35.5. The van der Waals surface area contributed by atoms with E-state index in [0.717, 1.165) is 16.6 Å². The zero-order valence-corrected chi connectivity index (χ0v) is 16.7. The predicted octanol–water partition coefficient (Wildman–Crippen LogP) is 3.56. The Balaban J connectivity index is 1.75. The maximum atomic E-state index is 13.0. The summed E-state index contributed by atoms with van der Waals surface area (Å²) >= 11 is 6.02. The second-order valence-electron chi connectivity index (χ2n) is 7.09. The molecule has 0 fully saturated rings. The van der Waals surface area contributed by atoms with Crippen molar-refractivity contribution in [2.24, 2.45) is 0 Å². The summed E-state index contributed by atoms with van der Waals surface area (Å²) in [4.78, 5) is 25.8. The van der Waals surface area contributed by atoms with Gasteiger partial charge in [-0.2, -0.15) is 0 Å². The molecule has 0 unspecified atom stereocenters. The highest BCUT2D eigenvalue weighted by Gasteiger charge is 2.17. The Kier molecular flexibility index (Phi) is 4.48. The van der Waals surface area contributed by atoms with Gasteiger partial charge in [0.05, 0.1) is 24.1 Å². The molecule has 2 aromatic heterocycles. The summed E-state index contributed by atoms with van der Waals surface area (Å²) in [5, 5.41) is 5.25. The SMILES string of the molecule is O=c1c(=O)n2c3ccccc3n(Cc3ccc(Cl)cc3)c2nn1Cc1ccccc1. The van der Waals surface area contributed by atoms with Gasteiger partial charge in [-0.15, -0.1) is 5.10 Å². The maximum absolute atomic E-state index is 13.0. The first-order valence-electron chi connectivity index (χ1n) is 9.51. The molecular formula is C23H17ClN4O2.